The molecule has 0 atom stereocenters. The topological polar surface area (TPSA) is 21.3 Å². The van der Waals surface area contributed by atoms with E-state index in [-0.39, 0.29) is 5.41 Å². The molecule has 0 saturated heterocycles. The fourth-order valence-corrected chi connectivity index (χ4v) is 1.85. The summed E-state index contributed by atoms with van der Waals surface area (Å²) in [6.07, 6.45) is 1.07. The molecular weight excluding hydrogens is 234 g/mol. The maximum Gasteiger partial charge on any atom is 0.119 e. The number of hydrogen-bond donors (Lipinski definition) is 1. The molecule has 0 aromatic heterocycles. The second-order valence-electron chi connectivity index (χ2n) is 6.48. The highest BCUT2D eigenvalue weighted by molar-refractivity contribution is 5.27. The molecule has 0 bridgehead atoms. The summed E-state index contributed by atoms with van der Waals surface area (Å²) >= 11 is 0. The number of ether oxygens (including phenoxy) is 1. The summed E-state index contributed by atoms with van der Waals surface area (Å²) in [6.45, 7) is 13.9. The van der Waals surface area contributed by atoms with E-state index < -0.39 is 0 Å². The lowest BCUT2D eigenvalue weighted by atomic mass is 9.94. The second kappa shape index (κ2) is 7.54. The Labute approximate surface area is 118 Å². The predicted octanol–water partition coefficient (Wildman–Crippen LogP) is 3.90. The van der Waals surface area contributed by atoms with Gasteiger partial charge >= 0.3 is 0 Å². The number of benzene rings is 1. The van der Waals surface area contributed by atoms with Crippen molar-refractivity contribution in [2.75, 3.05) is 19.7 Å². The Morgan fingerprint density at radius 2 is 1.79 bits per heavy atom. The molecule has 19 heavy (non-hydrogen) atoms. The second-order valence-corrected chi connectivity index (χ2v) is 6.48. The minimum Gasteiger partial charge on any atom is -0.493 e. The molecule has 2 heteroatoms. The van der Waals surface area contributed by atoms with Crippen LogP contribution in [0, 0.1) is 11.3 Å². The van der Waals surface area contributed by atoms with E-state index in [0.717, 1.165) is 31.9 Å². The van der Waals surface area contributed by atoms with E-state index in [0.29, 0.717) is 5.92 Å². The zero-order valence-corrected chi connectivity index (χ0v) is 13.1. The molecule has 2 nitrogen and oxygen atoms in total. The summed E-state index contributed by atoms with van der Waals surface area (Å²) in [5, 5.41) is 3.50. The van der Waals surface area contributed by atoms with Gasteiger partial charge in [-0.25, -0.2) is 0 Å². The molecule has 1 N–H and O–H groups in total. The van der Waals surface area contributed by atoms with Crippen molar-refractivity contribution in [2.24, 2.45) is 11.3 Å². The molecule has 0 aliphatic carbocycles. The third-order valence-electron chi connectivity index (χ3n) is 3.12. The molecule has 0 amide bonds. The van der Waals surface area contributed by atoms with Crippen LogP contribution in [0.25, 0.3) is 0 Å². The third kappa shape index (κ3) is 6.63. The molecule has 0 fully saturated rings. The van der Waals surface area contributed by atoms with Crippen molar-refractivity contribution >= 4 is 0 Å². The van der Waals surface area contributed by atoms with Gasteiger partial charge in [-0.2, -0.15) is 0 Å². The summed E-state index contributed by atoms with van der Waals surface area (Å²) in [5.41, 5.74) is 1.50. The summed E-state index contributed by atoms with van der Waals surface area (Å²) in [7, 11) is 0. The molecule has 1 aromatic rings. The van der Waals surface area contributed by atoms with E-state index in [1.54, 1.807) is 0 Å². The molecule has 0 unspecified atom stereocenters. The summed E-state index contributed by atoms with van der Waals surface area (Å²) in [5.74, 6) is 1.66. The molecule has 1 rings (SSSR count). The summed E-state index contributed by atoms with van der Waals surface area (Å²) in [6, 6.07) is 8.41. The predicted molar refractivity (Wildman–Crippen MR) is 82.8 cm³/mol. The Bertz CT molecular complexity index is 354. The average molecular weight is 263 g/mol. The molecule has 0 saturated carbocycles. The number of hydrogen-bond acceptors (Lipinski definition) is 2. The standard InChI is InChI=1S/C17H29NO/c1-6-15-7-9-16(10-8-15)19-13-17(4,5)12-18-11-14(2)3/h7-10,14,18H,6,11-13H2,1-5H3. The summed E-state index contributed by atoms with van der Waals surface area (Å²) in [4.78, 5) is 0. The van der Waals surface area contributed by atoms with Crippen LogP contribution in [0.2, 0.25) is 0 Å². The minimum absolute atomic E-state index is 0.151. The number of aryl methyl sites for hydroxylation is 1. The third-order valence-corrected chi connectivity index (χ3v) is 3.12. The van der Waals surface area contributed by atoms with Gasteiger partial charge in [-0.3, -0.25) is 0 Å². The van der Waals surface area contributed by atoms with E-state index in [4.69, 9.17) is 4.74 Å². The van der Waals surface area contributed by atoms with Crippen LogP contribution in [0.3, 0.4) is 0 Å². The molecule has 1 aromatic carbocycles. The van der Waals surface area contributed by atoms with Crippen LogP contribution in [-0.4, -0.2) is 19.7 Å². The Morgan fingerprint density at radius 1 is 1.16 bits per heavy atom. The number of nitrogens with one attached hydrogen (secondary N) is 1. The highest BCUT2D eigenvalue weighted by atomic mass is 16.5. The van der Waals surface area contributed by atoms with Crippen molar-refractivity contribution in [2.45, 2.75) is 41.0 Å². The molecule has 0 spiro atoms. The molecule has 0 aliphatic heterocycles. The Balaban J connectivity index is 2.36. The van der Waals surface area contributed by atoms with Crippen molar-refractivity contribution in [3.8, 4) is 5.75 Å². The normalized spacial score (nSPS) is 11.9. The van der Waals surface area contributed by atoms with Crippen LogP contribution in [-0.2, 0) is 6.42 Å². The van der Waals surface area contributed by atoms with Gasteiger partial charge in [-0.1, -0.05) is 46.8 Å². The largest absolute Gasteiger partial charge is 0.493 e. The van der Waals surface area contributed by atoms with Crippen molar-refractivity contribution in [3.05, 3.63) is 29.8 Å². The van der Waals surface area contributed by atoms with E-state index in [9.17, 15) is 0 Å². The van der Waals surface area contributed by atoms with Crippen molar-refractivity contribution in [1.82, 2.24) is 5.32 Å². The van der Waals surface area contributed by atoms with Gasteiger partial charge in [0.05, 0.1) is 6.61 Å². The molecular formula is C17H29NO. The van der Waals surface area contributed by atoms with E-state index >= 15 is 0 Å². The van der Waals surface area contributed by atoms with E-state index in [2.05, 4.69) is 64.2 Å². The zero-order valence-electron chi connectivity index (χ0n) is 13.1. The fraction of sp³-hybridized carbons (Fsp3) is 0.647. The Kier molecular flexibility index (Phi) is 6.36. The minimum atomic E-state index is 0.151. The van der Waals surface area contributed by atoms with Gasteiger partial charge in [0.25, 0.3) is 0 Å². The van der Waals surface area contributed by atoms with Gasteiger partial charge in [0.15, 0.2) is 0 Å². The van der Waals surface area contributed by atoms with Crippen molar-refractivity contribution in [1.29, 1.82) is 0 Å². The lowest BCUT2D eigenvalue weighted by molar-refractivity contribution is 0.175. The van der Waals surface area contributed by atoms with Gasteiger partial charge in [-0.05, 0) is 36.6 Å². The van der Waals surface area contributed by atoms with Gasteiger partial charge in [0.2, 0.25) is 0 Å². The maximum absolute atomic E-state index is 5.89. The average Bonchev–Trinajstić information content (AvgIpc) is 2.36. The Hall–Kier alpha value is -1.02. The van der Waals surface area contributed by atoms with Crippen LogP contribution in [0.4, 0.5) is 0 Å². The Morgan fingerprint density at radius 3 is 2.32 bits per heavy atom. The first-order valence-electron chi connectivity index (χ1n) is 7.35. The van der Waals surface area contributed by atoms with Gasteiger partial charge < -0.3 is 10.1 Å². The first-order chi connectivity index (χ1) is 8.93. The summed E-state index contributed by atoms with van der Waals surface area (Å²) < 4.78 is 5.89. The van der Waals surface area contributed by atoms with Crippen LogP contribution >= 0.6 is 0 Å². The zero-order chi connectivity index (χ0) is 14.3. The molecule has 108 valence electrons. The highest BCUT2D eigenvalue weighted by Crippen LogP contribution is 2.18. The van der Waals surface area contributed by atoms with Crippen LogP contribution < -0.4 is 10.1 Å². The van der Waals surface area contributed by atoms with Gasteiger partial charge in [0, 0.05) is 12.0 Å². The van der Waals surface area contributed by atoms with Crippen molar-refractivity contribution in [3.63, 3.8) is 0 Å². The van der Waals surface area contributed by atoms with Gasteiger partial charge in [0.1, 0.15) is 5.75 Å². The maximum atomic E-state index is 5.89. The molecule has 0 heterocycles. The lowest BCUT2D eigenvalue weighted by Crippen LogP contribution is -2.35. The molecule has 0 radical (unpaired) electrons. The first kappa shape index (κ1) is 16.0. The highest BCUT2D eigenvalue weighted by Gasteiger charge is 2.18. The smallest absolute Gasteiger partial charge is 0.119 e. The SMILES string of the molecule is CCc1ccc(OCC(C)(C)CNCC(C)C)cc1. The van der Waals surface area contributed by atoms with E-state index in [1.165, 1.54) is 5.56 Å². The van der Waals surface area contributed by atoms with Crippen LogP contribution in [0.15, 0.2) is 24.3 Å². The van der Waals surface area contributed by atoms with Crippen LogP contribution in [0.1, 0.15) is 40.2 Å². The van der Waals surface area contributed by atoms with Gasteiger partial charge in [-0.15, -0.1) is 0 Å². The quantitative estimate of drug-likeness (QED) is 0.768. The number of rotatable bonds is 8. The fourth-order valence-electron chi connectivity index (χ4n) is 1.85. The van der Waals surface area contributed by atoms with Crippen molar-refractivity contribution < 1.29 is 4.74 Å². The first-order valence-corrected chi connectivity index (χ1v) is 7.35. The van der Waals surface area contributed by atoms with Crippen LogP contribution in [0.5, 0.6) is 5.75 Å². The molecule has 0 aliphatic rings. The lowest BCUT2D eigenvalue weighted by Gasteiger charge is -2.25. The monoisotopic (exact) mass is 263 g/mol. The van der Waals surface area contributed by atoms with E-state index in [1.807, 2.05) is 0 Å².